The van der Waals surface area contributed by atoms with E-state index in [0.29, 0.717) is 23.7 Å². The van der Waals surface area contributed by atoms with Crippen LogP contribution < -0.4 is 15.5 Å². The minimum absolute atomic E-state index is 0.0535. The number of methoxy groups -OCH3 is 1. The highest BCUT2D eigenvalue weighted by Gasteiger charge is 2.28. The molecule has 0 unspecified atom stereocenters. The Kier molecular flexibility index (Phi) is 8.21. The molecular formula is C23H27N3O7S. The predicted octanol–water partition coefficient (Wildman–Crippen LogP) is 3.19. The number of carbonyl (C=O) groups is 1. The number of amides is 1. The average molecular weight is 490 g/mol. The Morgan fingerprint density at radius 3 is 2.68 bits per heavy atom. The van der Waals surface area contributed by atoms with E-state index in [1.807, 2.05) is 6.26 Å². The van der Waals surface area contributed by atoms with Gasteiger partial charge in [-0.1, -0.05) is 11.2 Å². The van der Waals surface area contributed by atoms with E-state index in [4.69, 9.17) is 13.7 Å². The summed E-state index contributed by atoms with van der Waals surface area (Å²) < 4.78 is 16.1. The first kappa shape index (κ1) is 25.2. The fourth-order valence-electron chi connectivity index (χ4n) is 3.52. The third-order valence-electron chi connectivity index (χ3n) is 5.17. The molecule has 0 bridgehead atoms. The van der Waals surface area contributed by atoms with Gasteiger partial charge in [-0.05, 0) is 50.0 Å². The summed E-state index contributed by atoms with van der Waals surface area (Å²) in [5.41, 5.74) is -0.114. The van der Waals surface area contributed by atoms with Crippen molar-refractivity contribution in [3.05, 3.63) is 63.3 Å². The molecule has 2 heterocycles. The van der Waals surface area contributed by atoms with Crippen LogP contribution in [0.3, 0.4) is 0 Å². The van der Waals surface area contributed by atoms with Gasteiger partial charge in [-0.3, -0.25) is 9.59 Å². The summed E-state index contributed by atoms with van der Waals surface area (Å²) in [5.74, 6) is 0.0161. The summed E-state index contributed by atoms with van der Waals surface area (Å²) in [6.07, 6.45) is 2.35. The molecule has 34 heavy (non-hydrogen) atoms. The molecule has 0 radical (unpaired) electrons. The van der Waals surface area contributed by atoms with Gasteiger partial charge in [0.25, 0.3) is 0 Å². The van der Waals surface area contributed by atoms with Crippen LogP contribution in [0.1, 0.15) is 53.6 Å². The van der Waals surface area contributed by atoms with Crippen molar-refractivity contribution in [2.24, 2.45) is 0 Å². The minimum atomic E-state index is -0.840. The summed E-state index contributed by atoms with van der Waals surface area (Å²) in [7, 11) is 1.40. The van der Waals surface area contributed by atoms with Crippen LogP contribution in [-0.4, -0.2) is 45.4 Å². The van der Waals surface area contributed by atoms with Gasteiger partial charge in [0.05, 0.1) is 13.0 Å². The molecule has 0 spiro atoms. The lowest BCUT2D eigenvalue weighted by atomic mass is 9.91. The van der Waals surface area contributed by atoms with Gasteiger partial charge in [-0.25, -0.2) is 0 Å². The van der Waals surface area contributed by atoms with E-state index < -0.39 is 23.1 Å². The zero-order valence-corrected chi connectivity index (χ0v) is 20.1. The van der Waals surface area contributed by atoms with E-state index in [1.165, 1.54) is 25.3 Å². The molecule has 2 atom stereocenters. The largest absolute Gasteiger partial charge is 0.504 e. The number of phenolic OH excluding ortho intramolecular Hbond substituents is 1. The minimum Gasteiger partial charge on any atom is -0.504 e. The molecule has 0 aliphatic heterocycles. The quantitative estimate of drug-likeness (QED) is 0.388. The monoisotopic (exact) mass is 489 g/mol. The molecule has 0 aliphatic rings. The molecular weight excluding hydrogens is 462 g/mol. The number of aromatic nitrogens is 2. The number of phenols is 1. The summed E-state index contributed by atoms with van der Waals surface area (Å²) in [5, 5.41) is 27.2. The number of aryl methyl sites for hydroxylation is 2. The van der Waals surface area contributed by atoms with Crippen LogP contribution in [0, 0.1) is 13.8 Å². The Morgan fingerprint density at radius 2 is 2.03 bits per heavy atom. The number of hydrogen-bond donors (Lipinski definition) is 3. The van der Waals surface area contributed by atoms with E-state index in [1.54, 1.807) is 31.7 Å². The summed E-state index contributed by atoms with van der Waals surface area (Å²) >= 11 is 1.62. The lowest BCUT2D eigenvalue weighted by molar-refractivity contribution is -0.122. The Bertz CT molecular complexity index is 1210. The number of benzene rings is 1. The standard InChI is InChI=1S/C23H27N3O7S/c1-12-9-18(28)21(30)22(32-12)15(14-5-6-17(27)19(10-14)31-3)11-20(29)25-16(7-8-34-4)23-24-13(2)26-33-23/h5-6,9-10,15-16,27,30H,7-8,11H2,1-4H3,(H,25,29)/t15-,16-/m1/s1. The van der Waals surface area contributed by atoms with Crippen LogP contribution in [0.5, 0.6) is 17.2 Å². The predicted molar refractivity (Wildman–Crippen MR) is 125 cm³/mol. The number of hydrogen-bond acceptors (Lipinski definition) is 10. The molecule has 3 aromatic rings. The number of carbonyl (C=O) groups excluding carboxylic acids is 1. The van der Waals surface area contributed by atoms with Gasteiger partial charge in [0.1, 0.15) is 11.8 Å². The van der Waals surface area contributed by atoms with E-state index in [0.717, 1.165) is 5.75 Å². The highest BCUT2D eigenvalue weighted by atomic mass is 32.2. The maximum Gasteiger partial charge on any atom is 0.249 e. The number of aromatic hydroxyl groups is 2. The fraction of sp³-hybridized carbons (Fsp3) is 0.391. The Labute approximate surface area is 200 Å². The van der Waals surface area contributed by atoms with Crippen molar-refractivity contribution in [1.82, 2.24) is 15.5 Å². The number of rotatable bonds is 10. The normalized spacial score (nSPS) is 12.8. The van der Waals surface area contributed by atoms with E-state index in [2.05, 4.69) is 15.5 Å². The Morgan fingerprint density at radius 1 is 1.26 bits per heavy atom. The van der Waals surface area contributed by atoms with Crippen molar-refractivity contribution in [3.8, 4) is 17.2 Å². The zero-order valence-electron chi connectivity index (χ0n) is 19.3. The molecule has 1 amide bonds. The number of nitrogens with zero attached hydrogens (tertiary/aromatic N) is 2. The van der Waals surface area contributed by atoms with Gasteiger partial charge in [0.2, 0.25) is 23.0 Å². The van der Waals surface area contributed by atoms with Crippen molar-refractivity contribution in [1.29, 1.82) is 0 Å². The molecule has 0 aliphatic carbocycles. The first-order valence-corrected chi connectivity index (χ1v) is 11.9. The molecule has 0 saturated carbocycles. The first-order chi connectivity index (χ1) is 16.2. The van der Waals surface area contributed by atoms with Crippen LogP contribution in [0.2, 0.25) is 0 Å². The summed E-state index contributed by atoms with van der Waals surface area (Å²) in [6, 6.07) is 5.18. The van der Waals surface area contributed by atoms with Gasteiger partial charge in [0, 0.05) is 12.5 Å². The molecule has 0 saturated heterocycles. The van der Waals surface area contributed by atoms with Crippen molar-refractivity contribution in [2.75, 3.05) is 19.1 Å². The number of nitrogens with one attached hydrogen (secondary N) is 1. The molecule has 1 aromatic carbocycles. The van der Waals surface area contributed by atoms with Crippen molar-refractivity contribution >= 4 is 17.7 Å². The summed E-state index contributed by atoms with van der Waals surface area (Å²) in [6.45, 7) is 3.27. The third kappa shape index (κ3) is 5.90. The molecule has 2 aromatic heterocycles. The van der Waals surface area contributed by atoms with Gasteiger partial charge in [-0.2, -0.15) is 16.7 Å². The molecule has 3 N–H and O–H groups in total. The van der Waals surface area contributed by atoms with Crippen molar-refractivity contribution < 1.29 is 28.7 Å². The second-order valence-corrected chi connectivity index (χ2v) is 8.69. The van der Waals surface area contributed by atoms with Crippen molar-refractivity contribution in [3.63, 3.8) is 0 Å². The van der Waals surface area contributed by atoms with Crippen LogP contribution in [-0.2, 0) is 4.79 Å². The maximum absolute atomic E-state index is 13.2. The second kappa shape index (κ2) is 11.1. The first-order valence-electron chi connectivity index (χ1n) is 10.5. The van der Waals surface area contributed by atoms with Crippen LogP contribution in [0.25, 0.3) is 0 Å². The fourth-order valence-corrected chi connectivity index (χ4v) is 3.99. The Balaban J connectivity index is 1.96. The molecule has 0 fully saturated rings. The van der Waals surface area contributed by atoms with Crippen LogP contribution in [0.15, 0.2) is 38.0 Å². The van der Waals surface area contributed by atoms with Crippen LogP contribution in [0.4, 0.5) is 0 Å². The smallest absolute Gasteiger partial charge is 0.249 e. The number of ether oxygens (including phenoxy) is 1. The highest BCUT2D eigenvalue weighted by Crippen LogP contribution is 2.37. The average Bonchev–Trinajstić information content (AvgIpc) is 3.24. The van der Waals surface area contributed by atoms with Gasteiger partial charge in [-0.15, -0.1) is 0 Å². The zero-order chi connectivity index (χ0) is 24.8. The number of thioether (sulfide) groups is 1. The van der Waals surface area contributed by atoms with Crippen LogP contribution >= 0.6 is 11.8 Å². The SMILES string of the molecule is COc1cc([C@@H](CC(=O)N[C@H](CCSC)c2nc(C)no2)c2oc(C)cc(=O)c2O)ccc1O. The van der Waals surface area contributed by atoms with Gasteiger partial charge < -0.3 is 29.2 Å². The van der Waals surface area contributed by atoms with Crippen molar-refractivity contribution in [2.45, 2.75) is 38.6 Å². The molecule has 11 heteroatoms. The molecule has 3 rings (SSSR count). The lowest BCUT2D eigenvalue weighted by Gasteiger charge is -2.20. The topological polar surface area (TPSA) is 148 Å². The van der Waals surface area contributed by atoms with E-state index in [-0.39, 0.29) is 35.3 Å². The third-order valence-corrected chi connectivity index (χ3v) is 5.82. The molecule has 10 nitrogen and oxygen atoms in total. The van der Waals surface area contributed by atoms with E-state index >= 15 is 0 Å². The second-order valence-electron chi connectivity index (χ2n) is 7.70. The maximum atomic E-state index is 13.2. The Hall–Kier alpha value is -3.47. The highest BCUT2D eigenvalue weighted by molar-refractivity contribution is 7.98. The summed E-state index contributed by atoms with van der Waals surface area (Å²) in [4.78, 5) is 29.6. The van der Waals surface area contributed by atoms with E-state index in [9.17, 15) is 19.8 Å². The lowest BCUT2D eigenvalue weighted by Crippen LogP contribution is -2.30. The van der Waals surface area contributed by atoms with Gasteiger partial charge >= 0.3 is 0 Å². The van der Waals surface area contributed by atoms with Gasteiger partial charge in [0.15, 0.2) is 23.1 Å². The molecule has 182 valence electrons.